The van der Waals surface area contributed by atoms with E-state index in [9.17, 15) is 18.9 Å². The Hall–Kier alpha value is -2.83. The first kappa shape index (κ1) is 12.2. The molecule has 3 rings (SSSR count). The molecule has 1 N–H and O–H groups in total. The zero-order chi connectivity index (χ0) is 14.3. The molecule has 0 aliphatic rings. The molecular formula is C13H7F2N3O2. The maximum absolute atomic E-state index is 13.7. The van der Waals surface area contributed by atoms with Crippen LogP contribution in [0.3, 0.4) is 0 Å². The fourth-order valence-electron chi connectivity index (χ4n) is 1.93. The van der Waals surface area contributed by atoms with Crippen molar-refractivity contribution >= 4 is 16.7 Å². The average Bonchev–Trinajstić information content (AvgIpc) is 2.84. The lowest BCUT2D eigenvalue weighted by Gasteiger charge is -1.99. The van der Waals surface area contributed by atoms with Crippen molar-refractivity contribution in [2.45, 2.75) is 0 Å². The number of hydrogen-bond acceptors (Lipinski definition) is 3. The van der Waals surface area contributed by atoms with Crippen molar-refractivity contribution in [3.8, 4) is 11.4 Å². The molecule has 0 radical (unpaired) electrons. The van der Waals surface area contributed by atoms with Crippen LogP contribution in [0, 0.1) is 21.7 Å². The molecule has 20 heavy (non-hydrogen) atoms. The van der Waals surface area contributed by atoms with Crippen molar-refractivity contribution in [1.82, 2.24) is 9.97 Å². The van der Waals surface area contributed by atoms with Gasteiger partial charge < -0.3 is 4.98 Å². The number of nitrogens with one attached hydrogen (secondary N) is 1. The Kier molecular flexibility index (Phi) is 2.67. The van der Waals surface area contributed by atoms with E-state index in [0.717, 1.165) is 6.07 Å². The van der Waals surface area contributed by atoms with E-state index in [0.29, 0.717) is 11.0 Å². The second-order valence-electron chi connectivity index (χ2n) is 4.15. The topological polar surface area (TPSA) is 71.8 Å². The third-order valence-electron chi connectivity index (χ3n) is 2.88. The van der Waals surface area contributed by atoms with E-state index in [1.165, 1.54) is 30.3 Å². The number of H-pyrrole nitrogens is 1. The summed E-state index contributed by atoms with van der Waals surface area (Å²) in [6.07, 6.45) is 0. The van der Waals surface area contributed by atoms with Gasteiger partial charge in [-0.15, -0.1) is 0 Å². The number of rotatable bonds is 2. The number of non-ortho nitro benzene ring substituents is 1. The molecule has 0 saturated carbocycles. The van der Waals surface area contributed by atoms with Gasteiger partial charge in [0.1, 0.15) is 5.82 Å². The van der Waals surface area contributed by atoms with E-state index in [1.54, 1.807) is 0 Å². The summed E-state index contributed by atoms with van der Waals surface area (Å²) in [7, 11) is 0. The molecule has 0 unspecified atom stereocenters. The molecule has 1 aromatic heterocycles. The number of halogens is 2. The summed E-state index contributed by atoms with van der Waals surface area (Å²) in [4.78, 5) is 17.0. The highest BCUT2D eigenvalue weighted by Gasteiger charge is 2.15. The molecule has 7 heteroatoms. The van der Waals surface area contributed by atoms with Gasteiger partial charge in [-0.05, 0) is 18.2 Å². The van der Waals surface area contributed by atoms with Crippen molar-refractivity contribution in [3.05, 3.63) is 58.1 Å². The summed E-state index contributed by atoms with van der Waals surface area (Å²) in [6, 6.07) is 7.79. The smallest absolute Gasteiger partial charge is 0.271 e. The molecule has 0 atom stereocenters. The third kappa shape index (κ3) is 1.89. The number of nitrogens with zero attached hydrogens (tertiary/aromatic N) is 2. The van der Waals surface area contributed by atoms with E-state index in [4.69, 9.17) is 0 Å². The molecule has 1 heterocycles. The average molecular weight is 275 g/mol. The first-order chi connectivity index (χ1) is 9.56. The van der Waals surface area contributed by atoms with Crippen LogP contribution in [-0.2, 0) is 0 Å². The number of aromatic amines is 1. The molecule has 0 fully saturated rings. The van der Waals surface area contributed by atoms with Gasteiger partial charge in [0, 0.05) is 12.1 Å². The number of nitro benzene ring substituents is 1. The van der Waals surface area contributed by atoms with E-state index in [-0.39, 0.29) is 17.1 Å². The van der Waals surface area contributed by atoms with E-state index in [1.807, 2.05) is 0 Å². The Morgan fingerprint density at radius 2 is 2.00 bits per heavy atom. The van der Waals surface area contributed by atoms with Crippen LogP contribution < -0.4 is 0 Å². The largest absolute Gasteiger partial charge is 0.338 e. The highest BCUT2D eigenvalue weighted by atomic mass is 19.2. The van der Waals surface area contributed by atoms with Crippen LogP contribution in [0.5, 0.6) is 0 Å². The zero-order valence-corrected chi connectivity index (χ0v) is 9.93. The summed E-state index contributed by atoms with van der Waals surface area (Å²) < 4.78 is 26.9. The quantitative estimate of drug-likeness (QED) is 0.575. The monoisotopic (exact) mass is 275 g/mol. The molecule has 0 spiro atoms. The maximum Gasteiger partial charge on any atom is 0.271 e. The van der Waals surface area contributed by atoms with Gasteiger partial charge >= 0.3 is 0 Å². The maximum atomic E-state index is 13.7. The minimum atomic E-state index is -1.01. The van der Waals surface area contributed by atoms with Crippen LogP contribution in [-0.4, -0.2) is 14.9 Å². The molecule has 2 aromatic carbocycles. The predicted molar refractivity (Wildman–Crippen MR) is 68.1 cm³/mol. The Balaban J connectivity index is 2.18. The number of benzene rings is 2. The molecule has 0 aliphatic carbocycles. The van der Waals surface area contributed by atoms with Gasteiger partial charge in [-0.2, -0.15) is 0 Å². The second-order valence-corrected chi connectivity index (χ2v) is 4.15. The van der Waals surface area contributed by atoms with Gasteiger partial charge in [-0.1, -0.05) is 6.07 Å². The lowest BCUT2D eigenvalue weighted by molar-refractivity contribution is -0.384. The van der Waals surface area contributed by atoms with Gasteiger partial charge in [-0.3, -0.25) is 10.1 Å². The number of nitro groups is 1. The lowest BCUT2D eigenvalue weighted by atomic mass is 10.2. The Morgan fingerprint density at radius 1 is 1.20 bits per heavy atom. The number of hydrogen-bond donors (Lipinski definition) is 1. The van der Waals surface area contributed by atoms with Crippen molar-refractivity contribution < 1.29 is 13.7 Å². The Bertz CT molecular complexity index is 830. The van der Waals surface area contributed by atoms with Crippen LogP contribution in [0.1, 0.15) is 0 Å². The van der Waals surface area contributed by atoms with Crippen LogP contribution >= 0.6 is 0 Å². The summed E-state index contributed by atoms with van der Waals surface area (Å²) in [5.74, 6) is -1.87. The van der Waals surface area contributed by atoms with Gasteiger partial charge in [0.25, 0.3) is 5.69 Å². The number of imidazole rings is 1. The van der Waals surface area contributed by atoms with Crippen molar-refractivity contribution in [3.63, 3.8) is 0 Å². The van der Waals surface area contributed by atoms with Crippen molar-refractivity contribution in [2.24, 2.45) is 0 Å². The second kappa shape index (κ2) is 4.37. The molecular weight excluding hydrogens is 268 g/mol. The first-order valence-electron chi connectivity index (χ1n) is 5.65. The first-order valence-corrected chi connectivity index (χ1v) is 5.65. The molecule has 5 nitrogen and oxygen atoms in total. The molecule has 0 bridgehead atoms. The number of aromatic nitrogens is 2. The molecule has 3 aromatic rings. The zero-order valence-electron chi connectivity index (χ0n) is 9.93. The summed E-state index contributed by atoms with van der Waals surface area (Å²) in [5, 5.41) is 10.7. The molecule has 0 amide bonds. The van der Waals surface area contributed by atoms with Crippen LogP contribution in [0.2, 0.25) is 0 Å². The summed E-state index contributed by atoms with van der Waals surface area (Å²) in [6.45, 7) is 0. The summed E-state index contributed by atoms with van der Waals surface area (Å²) >= 11 is 0. The standard InChI is InChI=1S/C13H7F2N3O2/c14-9-3-1-2-8(12(9)15)13-16-10-5-4-7(18(19)20)6-11(10)17-13/h1-6H,(H,16,17). The van der Waals surface area contributed by atoms with Gasteiger partial charge in [0.2, 0.25) is 0 Å². The highest BCUT2D eigenvalue weighted by Crippen LogP contribution is 2.26. The van der Waals surface area contributed by atoms with Crippen molar-refractivity contribution in [2.75, 3.05) is 0 Å². The SMILES string of the molecule is O=[N+]([O-])c1ccc2nc(-c3cccc(F)c3F)[nH]c2c1. The van der Waals surface area contributed by atoms with Gasteiger partial charge in [-0.25, -0.2) is 13.8 Å². The minimum Gasteiger partial charge on any atom is -0.338 e. The summed E-state index contributed by atoms with van der Waals surface area (Å²) in [5.41, 5.74) is 0.698. The fraction of sp³-hybridized carbons (Fsp3) is 0. The van der Waals surface area contributed by atoms with Crippen molar-refractivity contribution in [1.29, 1.82) is 0 Å². The van der Waals surface area contributed by atoms with Gasteiger partial charge in [0.15, 0.2) is 11.6 Å². The third-order valence-corrected chi connectivity index (χ3v) is 2.88. The minimum absolute atomic E-state index is 0.0242. The van der Waals surface area contributed by atoms with Crippen LogP contribution in [0.25, 0.3) is 22.4 Å². The Morgan fingerprint density at radius 3 is 2.75 bits per heavy atom. The van der Waals surface area contributed by atoms with E-state index in [2.05, 4.69) is 9.97 Å². The van der Waals surface area contributed by atoms with Crippen LogP contribution in [0.15, 0.2) is 36.4 Å². The molecule has 0 saturated heterocycles. The van der Waals surface area contributed by atoms with Gasteiger partial charge in [0.05, 0.1) is 21.5 Å². The predicted octanol–water partition coefficient (Wildman–Crippen LogP) is 3.42. The van der Waals surface area contributed by atoms with E-state index >= 15 is 0 Å². The molecule has 100 valence electrons. The fourth-order valence-corrected chi connectivity index (χ4v) is 1.93. The lowest BCUT2D eigenvalue weighted by Crippen LogP contribution is -1.90. The molecule has 0 aliphatic heterocycles. The number of fused-ring (bicyclic) bond motifs is 1. The highest BCUT2D eigenvalue weighted by molar-refractivity contribution is 5.81. The van der Waals surface area contributed by atoms with Crippen LogP contribution in [0.4, 0.5) is 14.5 Å². The Labute approximate surface area is 111 Å². The normalized spacial score (nSPS) is 10.9. The van der Waals surface area contributed by atoms with E-state index < -0.39 is 16.6 Å².